The molecule has 0 saturated carbocycles. The number of fused-ring (bicyclic) bond motifs is 2. The zero-order valence-electron chi connectivity index (χ0n) is 12.5. The first kappa shape index (κ1) is 13.5. The number of hydrogen-bond donors (Lipinski definition) is 1. The van der Waals surface area contributed by atoms with Gasteiger partial charge in [0, 0.05) is 17.1 Å². The number of rotatable bonds is 3. The average Bonchev–Trinajstić information content (AvgIpc) is 2.62. The number of anilines is 1. The normalized spacial score (nSPS) is 11.3. The van der Waals surface area contributed by atoms with Gasteiger partial charge in [0.05, 0.1) is 17.4 Å². The van der Waals surface area contributed by atoms with Crippen molar-refractivity contribution in [2.45, 2.75) is 0 Å². The van der Waals surface area contributed by atoms with Crippen molar-refractivity contribution in [3.63, 3.8) is 0 Å². The van der Waals surface area contributed by atoms with Gasteiger partial charge < -0.3 is 0 Å². The van der Waals surface area contributed by atoms with Crippen molar-refractivity contribution >= 4 is 33.6 Å². The van der Waals surface area contributed by atoms with E-state index in [4.69, 9.17) is 0 Å². The molecule has 3 aromatic carbocycles. The zero-order chi connectivity index (χ0) is 15.5. The number of para-hydroxylation sites is 1. The van der Waals surface area contributed by atoms with Crippen LogP contribution in [-0.4, -0.2) is 11.2 Å². The standard InChI is InChI=1S/C20H15N3/c1-2-11-18-15(6-1)7-3-9-17(18)14-22-23-19-12-4-8-16-10-5-13-21-20(16)19/h1-14,23H. The molecule has 0 bridgehead atoms. The van der Waals surface area contributed by atoms with E-state index in [1.54, 1.807) is 6.20 Å². The lowest BCUT2D eigenvalue weighted by atomic mass is 10.1. The summed E-state index contributed by atoms with van der Waals surface area (Å²) in [5.41, 5.74) is 6.02. The van der Waals surface area contributed by atoms with Gasteiger partial charge in [0.2, 0.25) is 0 Å². The number of nitrogens with zero attached hydrogens (tertiary/aromatic N) is 2. The molecule has 110 valence electrons. The summed E-state index contributed by atoms with van der Waals surface area (Å²) in [5.74, 6) is 0. The Labute approximate surface area is 134 Å². The fourth-order valence-electron chi connectivity index (χ4n) is 2.73. The molecule has 0 atom stereocenters. The number of pyridine rings is 1. The highest BCUT2D eigenvalue weighted by Gasteiger charge is 2.00. The molecule has 0 unspecified atom stereocenters. The van der Waals surface area contributed by atoms with Crippen LogP contribution in [0.25, 0.3) is 21.7 Å². The van der Waals surface area contributed by atoms with E-state index in [9.17, 15) is 0 Å². The summed E-state index contributed by atoms with van der Waals surface area (Å²) in [4.78, 5) is 4.42. The molecule has 1 aromatic heterocycles. The van der Waals surface area contributed by atoms with Crippen molar-refractivity contribution in [3.8, 4) is 0 Å². The molecule has 3 heteroatoms. The second kappa shape index (κ2) is 5.89. The van der Waals surface area contributed by atoms with Gasteiger partial charge in [-0.1, -0.05) is 60.7 Å². The van der Waals surface area contributed by atoms with Crippen LogP contribution in [0.4, 0.5) is 5.69 Å². The lowest BCUT2D eigenvalue weighted by Crippen LogP contribution is -1.93. The van der Waals surface area contributed by atoms with Gasteiger partial charge in [0.15, 0.2) is 0 Å². The molecule has 0 aliphatic carbocycles. The van der Waals surface area contributed by atoms with Crippen LogP contribution in [0.2, 0.25) is 0 Å². The molecule has 0 spiro atoms. The van der Waals surface area contributed by atoms with Crippen molar-refractivity contribution in [3.05, 3.63) is 84.6 Å². The van der Waals surface area contributed by atoms with Crippen LogP contribution >= 0.6 is 0 Å². The smallest absolute Gasteiger partial charge is 0.0951 e. The van der Waals surface area contributed by atoms with Crippen molar-refractivity contribution in [1.82, 2.24) is 4.98 Å². The van der Waals surface area contributed by atoms with Gasteiger partial charge in [-0.3, -0.25) is 10.4 Å². The van der Waals surface area contributed by atoms with Gasteiger partial charge in [-0.25, -0.2) is 0 Å². The number of nitrogens with one attached hydrogen (secondary N) is 1. The molecule has 0 aliphatic heterocycles. The van der Waals surface area contributed by atoms with Crippen molar-refractivity contribution in [2.75, 3.05) is 5.43 Å². The number of hydrazone groups is 1. The first-order valence-electron chi connectivity index (χ1n) is 7.52. The van der Waals surface area contributed by atoms with Crippen molar-refractivity contribution in [1.29, 1.82) is 0 Å². The summed E-state index contributed by atoms with van der Waals surface area (Å²) in [6.45, 7) is 0. The van der Waals surface area contributed by atoms with Gasteiger partial charge >= 0.3 is 0 Å². The lowest BCUT2D eigenvalue weighted by Gasteiger charge is -2.05. The molecule has 4 aromatic rings. The van der Waals surface area contributed by atoms with Gasteiger partial charge in [-0.05, 0) is 22.9 Å². The molecular formula is C20H15N3. The summed E-state index contributed by atoms with van der Waals surface area (Å²) >= 11 is 0. The molecule has 23 heavy (non-hydrogen) atoms. The fourth-order valence-corrected chi connectivity index (χ4v) is 2.73. The molecule has 1 heterocycles. The molecule has 0 aliphatic rings. The Morgan fingerprint density at radius 3 is 2.57 bits per heavy atom. The number of aromatic nitrogens is 1. The topological polar surface area (TPSA) is 37.3 Å². The van der Waals surface area contributed by atoms with Crippen molar-refractivity contribution < 1.29 is 0 Å². The minimum Gasteiger partial charge on any atom is -0.276 e. The van der Waals surface area contributed by atoms with Crippen LogP contribution in [0, 0.1) is 0 Å². The third-order valence-corrected chi connectivity index (χ3v) is 3.84. The van der Waals surface area contributed by atoms with E-state index < -0.39 is 0 Å². The van der Waals surface area contributed by atoms with E-state index >= 15 is 0 Å². The predicted molar refractivity (Wildman–Crippen MR) is 96.9 cm³/mol. The van der Waals surface area contributed by atoms with Gasteiger partial charge in [0.25, 0.3) is 0 Å². The highest BCUT2D eigenvalue weighted by atomic mass is 15.3. The molecule has 0 fully saturated rings. The SMILES string of the molecule is C(=NNc1cccc2cccnc12)c1cccc2ccccc12. The first-order valence-corrected chi connectivity index (χ1v) is 7.52. The molecular weight excluding hydrogens is 282 g/mol. The molecule has 0 amide bonds. The molecule has 0 radical (unpaired) electrons. The van der Waals surface area contributed by atoms with E-state index in [2.05, 4.69) is 39.8 Å². The van der Waals surface area contributed by atoms with Crippen LogP contribution in [0.1, 0.15) is 5.56 Å². The fraction of sp³-hybridized carbons (Fsp3) is 0. The van der Waals surface area contributed by atoms with E-state index in [1.807, 2.05) is 54.7 Å². The van der Waals surface area contributed by atoms with E-state index in [0.29, 0.717) is 0 Å². The van der Waals surface area contributed by atoms with E-state index in [1.165, 1.54) is 10.8 Å². The summed E-state index contributed by atoms with van der Waals surface area (Å²) < 4.78 is 0. The Morgan fingerprint density at radius 1 is 0.783 bits per heavy atom. The quantitative estimate of drug-likeness (QED) is 0.434. The second-order valence-electron chi connectivity index (χ2n) is 5.32. The third kappa shape index (κ3) is 2.64. The van der Waals surface area contributed by atoms with E-state index in [0.717, 1.165) is 22.2 Å². The minimum atomic E-state index is 0.902. The summed E-state index contributed by atoms with van der Waals surface area (Å²) in [5, 5.41) is 7.90. The van der Waals surface area contributed by atoms with Gasteiger partial charge in [-0.2, -0.15) is 5.10 Å². The summed E-state index contributed by atoms with van der Waals surface area (Å²) in [6, 6.07) is 24.5. The van der Waals surface area contributed by atoms with Crippen LogP contribution in [-0.2, 0) is 0 Å². The monoisotopic (exact) mass is 297 g/mol. The number of hydrogen-bond acceptors (Lipinski definition) is 3. The third-order valence-electron chi connectivity index (χ3n) is 3.84. The number of benzene rings is 3. The molecule has 1 N–H and O–H groups in total. The van der Waals surface area contributed by atoms with E-state index in [-0.39, 0.29) is 0 Å². The summed E-state index contributed by atoms with van der Waals surface area (Å²) in [6.07, 6.45) is 3.64. The molecule has 0 saturated heterocycles. The molecule has 3 nitrogen and oxygen atoms in total. The van der Waals surface area contributed by atoms with Crippen molar-refractivity contribution in [2.24, 2.45) is 5.10 Å². The van der Waals surface area contributed by atoms with Gasteiger partial charge in [-0.15, -0.1) is 0 Å². The minimum absolute atomic E-state index is 0.902. The van der Waals surface area contributed by atoms with Crippen LogP contribution in [0.15, 0.2) is 84.1 Å². The maximum Gasteiger partial charge on any atom is 0.0951 e. The Kier molecular flexibility index (Phi) is 3.45. The second-order valence-corrected chi connectivity index (χ2v) is 5.32. The Bertz CT molecular complexity index is 995. The average molecular weight is 297 g/mol. The first-order chi connectivity index (χ1) is 11.4. The lowest BCUT2D eigenvalue weighted by molar-refractivity contribution is 1.33. The zero-order valence-corrected chi connectivity index (χ0v) is 12.5. The van der Waals surface area contributed by atoms with Crippen LogP contribution in [0.3, 0.4) is 0 Å². The highest BCUT2D eigenvalue weighted by Crippen LogP contribution is 2.21. The predicted octanol–water partition coefficient (Wildman–Crippen LogP) is 4.83. The summed E-state index contributed by atoms with van der Waals surface area (Å²) in [7, 11) is 0. The Morgan fingerprint density at radius 2 is 1.57 bits per heavy atom. The van der Waals surface area contributed by atoms with Crippen LogP contribution < -0.4 is 5.43 Å². The van der Waals surface area contributed by atoms with Crippen LogP contribution in [0.5, 0.6) is 0 Å². The maximum atomic E-state index is 4.42. The van der Waals surface area contributed by atoms with Gasteiger partial charge in [0.1, 0.15) is 0 Å². The Balaban J connectivity index is 1.66. The maximum absolute atomic E-state index is 4.42. The molecule has 4 rings (SSSR count). The highest BCUT2D eigenvalue weighted by molar-refractivity contribution is 6.00. The largest absolute Gasteiger partial charge is 0.276 e. The Hall–Kier alpha value is -3.20.